The Balaban J connectivity index is 1.57. The molecule has 0 amide bonds. The molecule has 4 rings (SSSR count). The molecular weight excluding hydrogens is 378 g/mol. The molecule has 1 aromatic heterocycles. The Morgan fingerprint density at radius 2 is 1.93 bits per heavy atom. The van der Waals surface area contributed by atoms with Crippen molar-refractivity contribution >= 4 is 16.7 Å². The van der Waals surface area contributed by atoms with Crippen LogP contribution in [0.25, 0.3) is 10.9 Å². The monoisotopic (exact) mass is 413 g/mol. The number of likely N-dealkylation sites (tertiary alicyclic amines) is 1. The highest BCUT2D eigenvalue weighted by atomic mass is 16.5. The molecule has 6 nitrogen and oxygen atoms in total. The highest BCUT2D eigenvalue weighted by molar-refractivity contribution is 5.88. The summed E-state index contributed by atoms with van der Waals surface area (Å²) in [6.45, 7) is 8.84. The van der Waals surface area contributed by atoms with Gasteiger partial charge in [-0.1, -0.05) is 0 Å². The van der Waals surface area contributed by atoms with Crippen LogP contribution in [0, 0.1) is 0 Å². The molecule has 0 radical (unpaired) electrons. The molecule has 0 spiro atoms. The Bertz CT molecular complexity index is 830. The summed E-state index contributed by atoms with van der Waals surface area (Å²) < 4.78 is 17.4. The molecule has 2 aliphatic rings. The first-order chi connectivity index (χ1) is 14.8. The van der Waals surface area contributed by atoms with E-state index in [1.807, 2.05) is 6.07 Å². The van der Waals surface area contributed by atoms with Crippen LogP contribution in [-0.4, -0.2) is 63.0 Å². The van der Waals surface area contributed by atoms with Crippen LogP contribution < -0.4 is 14.8 Å². The normalized spacial score (nSPS) is 18.1. The van der Waals surface area contributed by atoms with Gasteiger partial charge in [-0.2, -0.15) is 0 Å². The molecule has 0 atom stereocenters. The molecule has 30 heavy (non-hydrogen) atoms. The zero-order valence-corrected chi connectivity index (χ0v) is 18.4. The van der Waals surface area contributed by atoms with Crippen molar-refractivity contribution in [3.05, 3.63) is 23.8 Å². The quantitative estimate of drug-likeness (QED) is 0.614. The maximum absolute atomic E-state index is 6.15. The van der Waals surface area contributed by atoms with Gasteiger partial charge in [-0.15, -0.1) is 0 Å². The van der Waals surface area contributed by atoms with Crippen LogP contribution in [-0.2, 0) is 4.74 Å². The second-order valence-corrected chi connectivity index (χ2v) is 8.28. The fourth-order valence-electron chi connectivity index (χ4n) is 4.63. The fraction of sp³-hybridized carbons (Fsp3) is 0.625. The lowest BCUT2D eigenvalue weighted by Crippen LogP contribution is -2.21. The number of methoxy groups -OCH3 is 1. The number of nitrogens with zero attached hydrogens (tertiary/aromatic N) is 2. The van der Waals surface area contributed by atoms with Crippen molar-refractivity contribution < 1.29 is 14.2 Å². The number of fused-ring (bicyclic) bond motifs is 1. The number of pyridine rings is 1. The van der Waals surface area contributed by atoms with Crippen molar-refractivity contribution in [2.75, 3.05) is 58.4 Å². The number of anilines is 1. The van der Waals surface area contributed by atoms with Crippen LogP contribution in [0.15, 0.2) is 18.2 Å². The molecule has 1 aromatic carbocycles. The van der Waals surface area contributed by atoms with Gasteiger partial charge in [0, 0.05) is 37.8 Å². The van der Waals surface area contributed by atoms with E-state index in [1.165, 1.54) is 31.5 Å². The van der Waals surface area contributed by atoms with E-state index in [-0.39, 0.29) is 0 Å². The number of nitrogens with one attached hydrogen (secondary N) is 1. The minimum absolute atomic E-state index is 0.485. The molecule has 0 saturated carbocycles. The van der Waals surface area contributed by atoms with E-state index in [0.29, 0.717) is 12.5 Å². The number of aromatic nitrogens is 1. The highest BCUT2D eigenvalue weighted by Crippen LogP contribution is 2.39. The Hall–Kier alpha value is -2.05. The average molecular weight is 414 g/mol. The van der Waals surface area contributed by atoms with Crippen molar-refractivity contribution in [2.45, 2.75) is 44.9 Å². The summed E-state index contributed by atoms with van der Waals surface area (Å²) in [5, 5.41) is 4.55. The van der Waals surface area contributed by atoms with Crippen LogP contribution in [0.1, 0.15) is 50.5 Å². The highest BCUT2D eigenvalue weighted by Gasteiger charge is 2.21. The molecule has 2 aromatic rings. The van der Waals surface area contributed by atoms with Crippen molar-refractivity contribution in [3.8, 4) is 11.5 Å². The summed E-state index contributed by atoms with van der Waals surface area (Å²) in [6.07, 6.45) is 5.77. The topological polar surface area (TPSA) is 55.9 Å². The summed E-state index contributed by atoms with van der Waals surface area (Å²) in [6, 6.07) is 6.37. The van der Waals surface area contributed by atoms with Crippen molar-refractivity contribution in [3.63, 3.8) is 0 Å². The second-order valence-electron chi connectivity index (χ2n) is 8.28. The van der Waals surface area contributed by atoms with Gasteiger partial charge in [0.05, 0.1) is 19.2 Å². The molecule has 1 N–H and O–H groups in total. The van der Waals surface area contributed by atoms with E-state index in [2.05, 4.69) is 29.3 Å². The largest absolute Gasteiger partial charge is 0.493 e. The van der Waals surface area contributed by atoms with E-state index in [9.17, 15) is 0 Å². The van der Waals surface area contributed by atoms with Gasteiger partial charge in [0.2, 0.25) is 0 Å². The number of benzene rings is 1. The molecule has 0 unspecified atom stereocenters. The summed E-state index contributed by atoms with van der Waals surface area (Å²) in [4.78, 5) is 7.38. The Morgan fingerprint density at radius 3 is 2.67 bits per heavy atom. The van der Waals surface area contributed by atoms with E-state index in [4.69, 9.17) is 19.2 Å². The molecule has 0 aliphatic carbocycles. The average Bonchev–Trinajstić information content (AvgIpc) is 3.30. The third-order valence-corrected chi connectivity index (χ3v) is 6.22. The zero-order valence-electron chi connectivity index (χ0n) is 18.4. The first kappa shape index (κ1) is 21.2. The molecular formula is C24H35N3O3. The molecule has 6 heteroatoms. The second kappa shape index (κ2) is 10.3. The number of ether oxygens (including phenoxy) is 3. The molecule has 3 heterocycles. The summed E-state index contributed by atoms with van der Waals surface area (Å²) in [5.74, 6) is 2.98. The maximum atomic E-state index is 6.15. The third-order valence-electron chi connectivity index (χ3n) is 6.22. The van der Waals surface area contributed by atoms with Crippen LogP contribution in [0.2, 0.25) is 0 Å². The first-order valence-corrected chi connectivity index (χ1v) is 11.5. The SMILES string of the molecule is CCNc1cc(C2CCOCC2)c2cc(OC)c(OCCCN3CCCC3)cc2n1. The van der Waals surface area contributed by atoms with Crippen LogP contribution in [0.3, 0.4) is 0 Å². The van der Waals surface area contributed by atoms with Gasteiger partial charge < -0.3 is 24.4 Å². The molecule has 2 aliphatic heterocycles. The Morgan fingerprint density at radius 1 is 1.13 bits per heavy atom. The molecule has 2 fully saturated rings. The zero-order chi connectivity index (χ0) is 20.8. The van der Waals surface area contributed by atoms with Crippen molar-refractivity contribution in [1.29, 1.82) is 0 Å². The lowest BCUT2D eigenvalue weighted by atomic mass is 9.89. The van der Waals surface area contributed by atoms with E-state index in [0.717, 1.165) is 73.8 Å². The van der Waals surface area contributed by atoms with Crippen molar-refractivity contribution in [1.82, 2.24) is 9.88 Å². The number of rotatable bonds is 9. The third kappa shape index (κ3) is 4.98. The van der Waals surface area contributed by atoms with Gasteiger partial charge in [0.15, 0.2) is 11.5 Å². The standard InChI is InChI=1S/C24H35N3O3/c1-3-25-24-16-19(18-7-13-29-14-8-18)20-15-22(28-2)23(17-21(20)26-24)30-12-6-11-27-9-4-5-10-27/h15-18H,3-14H2,1-2H3,(H,25,26). The van der Waals surface area contributed by atoms with Gasteiger partial charge >= 0.3 is 0 Å². The first-order valence-electron chi connectivity index (χ1n) is 11.5. The van der Waals surface area contributed by atoms with Gasteiger partial charge in [-0.05, 0) is 75.7 Å². The minimum Gasteiger partial charge on any atom is -0.493 e. The van der Waals surface area contributed by atoms with Crippen LogP contribution >= 0.6 is 0 Å². The van der Waals surface area contributed by atoms with E-state index < -0.39 is 0 Å². The smallest absolute Gasteiger partial charge is 0.163 e. The van der Waals surface area contributed by atoms with Gasteiger partial charge in [-0.25, -0.2) is 4.98 Å². The van der Waals surface area contributed by atoms with Crippen LogP contribution in [0.4, 0.5) is 5.82 Å². The minimum atomic E-state index is 0.485. The maximum Gasteiger partial charge on any atom is 0.163 e. The summed E-state index contributed by atoms with van der Waals surface area (Å²) >= 11 is 0. The predicted octanol–water partition coefficient (Wildman–Crippen LogP) is 4.43. The summed E-state index contributed by atoms with van der Waals surface area (Å²) in [7, 11) is 1.72. The lowest BCUT2D eigenvalue weighted by molar-refractivity contribution is 0.0856. The van der Waals surface area contributed by atoms with E-state index in [1.54, 1.807) is 7.11 Å². The van der Waals surface area contributed by atoms with Gasteiger partial charge in [-0.3, -0.25) is 0 Å². The fourth-order valence-corrected chi connectivity index (χ4v) is 4.63. The molecule has 164 valence electrons. The number of hydrogen-bond acceptors (Lipinski definition) is 6. The Kier molecular flexibility index (Phi) is 7.28. The van der Waals surface area contributed by atoms with Crippen molar-refractivity contribution in [2.24, 2.45) is 0 Å². The lowest BCUT2D eigenvalue weighted by Gasteiger charge is -2.25. The van der Waals surface area contributed by atoms with Gasteiger partial charge in [0.1, 0.15) is 5.82 Å². The predicted molar refractivity (Wildman–Crippen MR) is 121 cm³/mol. The van der Waals surface area contributed by atoms with Gasteiger partial charge in [0.25, 0.3) is 0 Å². The summed E-state index contributed by atoms with van der Waals surface area (Å²) in [5.41, 5.74) is 2.29. The molecule has 2 saturated heterocycles. The Labute approximate surface area is 179 Å². The molecule has 0 bridgehead atoms. The van der Waals surface area contributed by atoms with E-state index >= 15 is 0 Å². The van der Waals surface area contributed by atoms with Crippen LogP contribution in [0.5, 0.6) is 11.5 Å². The number of hydrogen-bond donors (Lipinski definition) is 1.